The van der Waals surface area contributed by atoms with E-state index in [0.29, 0.717) is 24.8 Å². The van der Waals surface area contributed by atoms with E-state index in [4.69, 9.17) is 20.6 Å². The number of nitrogen functional groups attached to an aromatic ring is 1. The van der Waals surface area contributed by atoms with Crippen LogP contribution in [-0.2, 0) is 17.8 Å². The molecular weight excluding hydrogens is 506 g/mol. The maximum Gasteiger partial charge on any atom is 0.248 e. The highest BCUT2D eigenvalue weighted by Crippen LogP contribution is 2.40. The molecule has 5 rings (SSSR count). The molecule has 0 aliphatic carbocycles. The van der Waals surface area contributed by atoms with Crippen LogP contribution in [0.5, 0.6) is 5.75 Å². The number of aliphatic hydroxyl groups excluding tert-OH is 1. The van der Waals surface area contributed by atoms with Gasteiger partial charge < -0.3 is 25.0 Å². The van der Waals surface area contributed by atoms with Crippen molar-refractivity contribution in [1.29, 1.82) is 0 Å². The molecule has 174 valence electrons. The Morgan fingerprint density at radius 1 is 1.33 bits per heavy atom. The number of aromatic nitrogens is 3. The first kappa shape index (κ1) is 22.5. The number of imidazole rings is 1. The van der Waals surface area contributed by atoms with Crippen molar-refractivity contribution in [2.24, 2.45) is 5.92 Å². The molecule has 2 aliphatic rings. The zero-order chi connectivity index (χ0) is 22.9. The molecule has 0 atom stereocenters. The molecule has 0 saturated carbocycles. The summed E-state index contributed by atoms with van der Waals surface area (Å²) >= 11 is 5.31. The summed E-state index contributed by atoms with van der Waals surface area (Å²) in [6.45, 7) is 2.52. The summed E-state index contributed by atoms with van der Waals surface area (Å²) in [5.74, 6) is 1.70. The first-order valence-electron chi connectivity index (χ1n) is 11.2. The minimum absolute atomic E-state index is 0.181. The fourth-order valence-corrected chi connectivity index (χ4v) is 6.17. The van der Waals surface area contributed by atoms with Crippen molar-refractivity contribution in [2.75, 3.05) is 32.0 Å². The van der Waals surface area contributed by atoms with E-state index in [9.17, 15) is 4.79 Å². The number of aryl methyl sites for hydroxylation is 1. The van der Waals surface area contributed by atoms with Gasteiger partial charge in [-0.3, -0.25) is 4.79 Å². The summed E-state index contributed by atoms with van der Waals surface area (Å²) in [7, 11) is 0. The molecule has 1 aromatic carbocycles. The molecule has 0 radical (unpaired) electrons. The molecule has 8 nitrogen and oxygen atoms in total. The van der Waals surface area contributed by atoms with Crippen LogP contribution in [0.25, 0.3) is 11.0 Å². The SMILES string of the molecule is Nc1nccc2c1nc(Sc1cc3c(cc1Br)CCO3)n2CCC1CCN(C(=O)CO)CC1. The van der Waals surface area contributed by atoms with Crippen LogP contribution < -0.4 is 10.5 Å². The second-order valence-corrected chi connectivity index (χ2v) is 10.3. The Morgan fingerprint density at radius 2 is 2.15 bits per heavy atom. The minimum Gasteiger partial charge on any atom is -0.493 e. The lowest BCUT2D eigenvalue weighted by Gasteiger charge is -2.31. The van der Waals surface area contributed by atoms with Crippen LogP contribution in [-0.4, -0.2) is 56.8 Å². The van der Waals surface area contributed by atoms with Crippen molar-refractivity contribution in [3.8, 4) is 5.75 Å². The number of fused-ring (bicyclic) bond motifs is 2. The van der Waals surface area contributed by atoms with Crippen LogP contribution >= 0.6 is 27.7 Å². The smallest absolute Gasteiger partial charge is 0.248 e. The van der Waals surface area contributed by atoms with E-state index in [2.05, 4.69) is 37.6 Å². The summed E-state index contributed by atoms with van der Waals surface area (Å²) in [4.78, 5) is 23.6. The quantitative estimate of drug-likeness (QED) is 0.501. The highest BCUT2D eigenvalue weighted by molar-refractivity contribution is 9.10. The Bertz CT molecular complexity index is 1190. The first-order valence-corrected chi connectivity index (χ1v) is 12.8. The third-order valence-electron chi connectivity index (χ3n) is 6.47. The molecule has 33 heavy (non-hydrogen) atoms. The first-order chi connectivity index (χ1) is 16.0. The monoisotopic (exact) mass is 531 g/mol. The van der Waals surface area contributed by atoms with E-state index >= 15 is 0 Å². The standard InChI is InChI=1S/C23H26BrN5O3S/c24-16-11-15-5-10-32-18(15)12-19(16)33-23-27-21-17(1-6-26-22(21)25)29(23)9-4-14-2-7-28(8-3-14)20(31)13-30/h1,6,11-12,14,30H,2-5,7-10,13H2,(H2,25,26). The molecule has 3 N–H and O–H groups in total. The van der Waals surface area contributed by atoms with Gasteiger partial charge >= 0.3 is 0 Å². The zero-order valence-corrected chi connectivity index (χ0v) is 20.6. The van der Waals surface area contributed by atoms with Crippen LogP contribution in [0.2, 0.25) is 0 Å². The van der Waals surface area contributed by atoms with Gasteiger partial charge in [-0.15, -0.1) is 0 Å². The van der Waals surface area contributed by atoms with Crippen molar-refractivity contribution in [1.82, 2.24) is 19.4 Å². The lowest BCUT2D eigenvalue weighted by Crippen LogP contribution is -2.40. The molecule has 1 fully saturated rings. The van der Waals surface area contributed by atoms with Crippen molar-refractivity contribution in [3.05, 3.63) is 34.4 Å². The van der Waals surface area contributed by atoms with Crippen LogP contribution in [0.4, 0.5) is 5.82 Å². The van der Waals surface area contributed by atoms with Gasteiger partial charge in [0, 0.05) is 41.6 Å². The van der Waals surface area contributed by atoms with Gasteiger partial charge in [-0.1, -0.05) is 11.8 Å². The van der Waals surface area contributed by atoms with Crippen LogP contribution in [0.3, 0.4) is 0 Å². The maximum absolute atomic E-state index is 11.7. The van der Waals surface area contributed by atoms with Gasteiger partial charge in [0.15, 0.2) is 11.0 Å². The second kappa shape index (κ2) is 9.52. The van der Waals surface area contributed by atoms with Gasteiger partial charge in [-0.2, -0.15) is 0 Å². The van der Waals surface area contributed by atoms with E-state index in [0.717, 1.165) is 70.1 Å². The number of anilines is 1. The number of hydrogen-bond acceptors (Lipinski definition) is 7. The summed E-state index contributed by atoms with van der Waals surface area (Å²) in [6.07, 6.45) is 5.53. The fraction of sp³-hybridized carbons (Fsp3) is 0.435. The van der Waals surface area contributed by atoms with Gasteiger partial charge in [0.25, 0.3) is 0 Å². The fourth-order valence-electron chi connectivity index (χ4n) is 4.58. The maximum atomic E-state index is 11.7. The van der Waals surface area contributed by atoms with Crippen molar-refractivity contribution < 1.29 is 14.6 Å². The molecule has 1 amide bonds. The van der Waals surface area contributed by atoms with Crippen LogP contribution in [0.1, 0.15) is 24.8 Å². The van der Waals surface area contributed by atoms with Crippen LogP contribution in [0, 0.1) is 5.92 Å². The normalized spacial score (nSPS) is 16.2. The molecule has 0 bridgehead atoms. The third kappa shape index (κ3) is 4.56. The highest BCUT2D eigenvalue weighted by Gasteiger charge is 2.24. The number of piperidine rings is 1. The van der Waals surface area contributed by atoms with E-state index in [1.165, 1.54) is 5.56 Å². The number of carbonyl (C=O) groups is 1. The lowest BCUT2D eigenvalue weighted by atomic mass is 9.93. The number of likely N-dealkylation sites (tertiary alicyclic amines) is 1. The Kier molecular flexibility index (Phi) is 6.49. The Balaban J connectivity index is 1.38. The van der Waals surface area contributed by atoms with Gasteiger partial charge in [-0.05, 0) is 64.9 Å². The number of carbonyl (C=O) groups excluding carboxylic acids is 1. The van der Waals surface area contributed by atoms with E-state index in [1.54, 1.807) is 22.9 Å². The Hall–Kier alpha value is -2.30. The molecule has 3 aromatic rings. The van der Waals surface area contributed by atoms with Gasteiger partial charge in [0.05, 0.1) is 12.1 Å². The molecule has 0 spiro atoms. The summed E-state index contributed by atoms with van der Waals surface area (Å²) in [6, 6.07) is 6.18. The van der Waals surface area contributed by atoms with Crippen molar-refractivity contribution in [3.63, 3.8) is 0 Å². The predicted octanol–water partition coefficient (Wildman–Crippen LogP) is 3.48. The summed E-state index contributed by atoms with van der Waals surface area (Å²) in [5, 5.41) is 9.97. The van der Waals surface area contributed by atoms with E-state index in [-0.39, 0.29) is 5.91 Å². The number of pyridine rings is 1. The van der Waals surface area contributed by atoms with Crippen molar-refractivity contribution >= 4 is 50.5 Å². The number of amides is 1. The molecule has 4 heterocycles. The lowest BCUT2D eigenvalue weighted by molar-refractivity contribution is -0.135. The largest absolute Gasteiger partial charge is 0.493 e. The number of nitrogens with two attached hydrogens (primary N) is 1. The van der Waals surface area contributed by atoms with Crippen molar-refractivity contribution in [2.45, 2.75) is 42.3 Å². The zero-order valence-electron chi connectivity index (χ0n) is 18.2. The van der Waals surface area contributed by atoms with Gasteiger partial charge in [-0.25, -0.2) is 9.97 Å². The molecule has 0 unspecified atom stereocenters. The van der Waals surface area contributed by atoms with E-state index in [1.807, 2.05) is 6.07 Å². The topological polar surface area (TPSA) is 107 Å². The molecule has 2 aliphatic heterocycles. The molecule has 10 heteroatoms. The third-order valence-corrected chi connectivity index (χ3v) is 8.44. The number of rotatable bonds is 6. The average Bonchev–Trinajstić information content (AvgIpc) is 3.42. The van der Waals surface area contributed by atoms with Gasteiger partial charge in [0.1, 0.15) is 17.9 Å². The second-order valence-electron chi connectivity index (χ2n) is 8.47. The average molecular weight is 532 g/mol. The van der Waals surface area contributed by atoms with Gasteiger partial charge in [0.2, 0.25) is 5.91 Å². The summed E-state index contributed by atoms with van der Waals surface area (Å²) < 4.78 is 9.02. The molecule has 1 saturated heterocycles. The predicted molar refractivity (Wildman–Crippen MR) is 130 cm³/mol. The Labute approximate surface area is 204 Å². The Morgan fingerprint density at radius 3 is 2.94 bits per heavy atom. The number of nitrogens with zero attached hydrogens (tertiary/aromatic N) is 4. The minimum atomic E-state index is -0.412. The number of ether oxygens (including phenoxy) is 1. The number of aliphatic hydroxyl groups is 1. The highest BCUT2D eigenvalue weighted by atomic mass is 79.9. The molecule has 2 aromatic heterocycles. The molecular formula is C23H26BrN5O3S. The number of halogens is 1. The van der Waals surface area contributed by atoms with E-state index < -0.39 is 6.61 Å². The number of hydrogen-bond donors (Lipinski definition) is 2. The summed E-state index contributed by atoms with van der Waals surface area (Å²) in [5.41, 5.74) is 9.07. The van der Waals surface area contributed by atoms with Crippen LogP contribution in [0.15, 0.2) is 38.9 Å². The number of benzene rings is 1.